The van der Waals surface area contributed by atoms with Crippen LogP contribution in [0.25, 0.3) is 0 Å². The number of nitrogens with one attached hydrogen (secondary N) is 2. The highest BCUT2D eigenvalue weighted by Crippen LogP contribution is 2.21. The summed E-state index contributed by atoms with van der Waals surface area (Å²) in [7, 11) is 1.38. The van der Waals surface area contributed by atoms with Gasteiger partial charge in [-0.05, 0) is 37.6 Å². The number of hydrogen-bond donors (Lipinski definition) is 2. The van der Waals surface area contributed by atoms with Crippen LogP contribution < -0.4 is 15.5 Å². The summed E-state index contributed by atoms with van der Waals surface area (Å²) in [4.78, 5) is 17.9. The van der Waals surface area contributed by atoms with E-state index in [-0.39, 0.29) is 12.1 Å². The number of nitrogens with zero attached hydrogens (tertiary/aromatic N) is 2. The van der Waals surface area contributed by atoms with E-state index in [2.05, 4.69) is 45.2 Å². The quantitative estimate of drug-likeness (QED) is 0.864. The third-order valence-corrected chi connectivity index (χ3v) is 3.80. The number of hydrogen-bond acceptors (Lipinski definition) is 5. The second-order valence-corrected chi connectivity index (χ2v) is 5.29. The first kappa shape index (κ1) is 15.6. The number of methoxy groups -OCH3 is 1. The first-order valence-corrected chi connectivity index (χ1v) is 7.42. The van der Waals surface area contributed by atoms with Gasteiger partial charge in [0, 0.05) is 25.3 Å². The van der Waals surface area contributed by atoms with E-state index in [0.29, 0.717) is 6.04 Å². The molecule has 2 heterocycles. The molecule has 0 aliphatic carbocycles. The lowest BCUT2D eigenvalue weighted by Gasteiger charge is -2.20. The molecule has 0 radical (unpaired) electrons. The van der Waals surface area contributed by atoms with Gasteiger partial charge in [0.15, 0.2) is 0 Å². The smallest absolute Gasteiger partial charge is 0.407 e. The first-order chi connectivity index (χ1) is 10.1. The minimum Gasteiger partial charge on any atom is -0.453 e. The summed E-state index contributed by atoms with van der Waals surface area (Å²) < 4.78 is 4.64. The second kappa shape index (κ2) is 7.26. The fourth-order valence-electron chi connectivity index (χ4n) is 2.61. The van der Waals surface area contributed by atoms with E-state index in [1.54, 1.807) is 0 Å². The predicted octanol–water partition coefficient (Wildman–Crippen LogP) is 1.69. The van der Waals surface area contributed by atoms with Crippen molar-refractivity contribution in [2.45, 2.75) is 32.4 Å². The van der Waals surface area contributed by atoms with Crippen LogP contribution in [-0.4, -0.2) is 43.9 Å². The van der Waals surface area contributed by atoms with E-state index in [0.717, 1.165) is 31.9 Å². The lowest BCUT2D eigenvalue weighted by molar-refractivity contribution is 0.167. The van der Waals surface area contributed by atoms with E-state index in [1.165, 1.54) is 12.7 Å². The van der Waals surface area contributed by atoms with Crippen LogP contribution in [-0.2, 0) is 4.74 Å². The molecule has 0 saturated carbocycles. The molecular formula is C15H24N4O2. The number of carbonyl (C=O) groups is 1. The molecule has 2 N–H and O–H groups in total. The van der Waals surface area contributed by atoms with Crippen LogP contribution in [0.3, 0.4) is 0 Å². The van der Waals surface area contributed by atoms with Gasteiger partial charge in [-0.15, -0.1) is 0 Å². The number of alkyl carbamates (subject to hydrolysis) is 1. The number of ether oxygens (including phenoxy) is 1. The molecule has 1 aromatic rings. The van der Waals surface area contributed by atoms with Crippen molar-refractivity contribution in [3.05, 3.63) is 23.9 Å². The maximum absolute atomic E-state index is 11.3. The van der Waals surface area contributed by atoms with Crippen molar-refractivity contribution in [1.82, 2.24) is 15.6 Å². The van der Waals surface area contributed by atoms with Gasteiger partial charge in [-0.2, -0.15) is 0 Å². The van der Waals surface area contributed by atoms with Crippen molar-refractivity contribution in [2.24, 2.45) is 0 Å². The molecule has 0 aromatic carbocycles. The van der Waals surface area contributed by atoms with Gasteiger partial charge in [0.05, 0.1) is 13.2 Å². The molecule has 1 aliphatic rings. The Labute approximate surface area is 125 Å². The van der Waals surface area contributed by atoms with Gasteiger partial charge in [-0.25, -0.2) is 9.78 Å². The van der Waals surface area contributed by atoms with Gasteiger partial charge in [0.25, 0.3) is 0 Å². The molecule has 116 valence electrons. The van der Waals surface area contributed by atoms with Crippen molar-refractivity contribution in [3.63, 3.8) is 0 Å². The molecule has 0 spiro atoms. The summed E-state index contributed by atoms with van der Waals surface area (Å²) in [5.74, 6) is 0.964. The monoisotopic (exact) mass is 292 g/mol. The van der Waals surface area contributed by atoms with Crippen LogP contribution in [0.1, 0.15) is 31.9 Å². The average Bonchev–Trinajstić information content (AvgIpc) is 2.96. The fourth-order valence-corrected chi connectivity index (χ4v) is 2.61. The Kier molecular flexibility index (Phi) is 5.38. The Morgan fingerprint density at radius 2 is 2.43 bits per heavy atom. The molecule has 6 heteroatoms. The van der Waals surface area contributed by atoms with Crippen molar-refractivity contribution >= 4 is 11.9 Å². The van der Waals surface area contributed by atoms with Crippen LogP contribution in [0, 0.1) is 0 Å². The molecule has 0 bridgehead atoms. The van der Waals surface area contributed by atoms with Crippen LogP contribution in [0.4, 0.5) is 10.6 Å². The van der Waals surface area contributed by atoms with E-state index >= 15 is 0 Å². The topological polar surface area (TPSA) is 66.5 Å². The molecule has 1 aromatic heterocycles. The molecule has 21 heavy (non-hydrogen) atoms. The highest BCUT2D eigenvalue weighted by atomic mass is 16.5. The van der Waals surface area contributed by atoms with Gasteiger partial charge < -0.3 is 20.3 Å². The van der Waals surface area contributed by atoms with E-state index in [4.69, 9.17) is 0 Å². The standard InChI is InChI=1S/C15H24N4O2/c1-4-16-11(2)12-5-7-17-14(9-12)19-8-6-13(10-19)18-15(20)21-3/h5,7,9,11,13,16H,4,6,8,10H2,1-3H3,(H,18,20). The van der Waals surface area contributed by atoms with Gasteiger partial charge in [0.2, 0.25) is 0 Å². The van der Waals surface area contributed by atoms with Crippen molar-refractivity contribution < 1.29 is 9.53 Å². The Morgan fingerprint density at radius 1 is 1.62 bits per heavy atom. The van der Waals surface area contributed by atoms with Gasteiger partial charge in [-0.3, -0.25) is 0 Å². The third kappa shape index (κ3) is 4.07. The fraction of sp³-hybridized carbons (Fsp3) is 0.600. The number of anilines is 1. The summed E-state index contributed by atoms with van der Waals surface area (Å²) in [5, 5.41) is 6.25. The molecule has 1 amide bonds. The molecule has 1 saturated heterocycles. The van der Waals surface area contributed by atoms with Crippen molar-refractivity contribution in [3.8, 4) is 0 Å². The Bertz CT molecular complexity index is 480. The number of carbonyl (C=O) groups excluding carboxylic acids is 1. The van der Waals surface area contributed by atoms with E-state index < -0.39 is 0 Å². The largest absolute Gasteiger partial charge is 0.453 e. The first-order valence-electron chi connectivity index (χ1n) is 7.42. The molecule has 1 fully saturated rings. The summed E-state index contributed by atoms with van der Waals surface area (Å²) in [6, 6.07) is 4.59. The molecule has 2 atom stereocenters. The Morgan fingerprint density at radius 3 is 3.14 bits per heavy atom. The van der Waals surface area contributed by atoms with Crippen LogP contribution in [0.15, 0.2) is 18.3 Å². The lowest BCUT2D eigenvalue weighted by atomic mass is 10.1. The minimum atomic E-state index is -0.371. The predicted molar refractivity (Wildman–Crippen MR) is 82.5 cm³/mol. The molecule has 6 nitrogen and oxygen atoms in total. The summed E-state index contributed by atoms with van der Waals surface area (Å²) in [5.41, 5.74) is 1.23. The van der Waals surface area contributed by atoms with Gasteiger partial charge >= 0.3 is 6.09 Å². The van der Waals surface area contributed by atoms with Crippen LogP contribution in [0.2, 0.25) is 0 Å². The normalized spacial score (nSPS) is 19.4. The summed E-state index contributed by atoms with van der Waals surface area (Å²) >= 11 is 0. The summed E-state index contributed by atoms with van der Waals surface area (Å²) in [6.07, 6.45) is 2.38. The van der Waals surface area contributed by atoms with Crippen molar-refractivity contribution in [1.29, 1.82) is 0 Å². The van der Waals surface area contributed by atoms with Crippen LogP contribution >= 0.6 is 0 Å². The molecule has 2 unspecified atom stereocenters. The molecule has 2 rings (SSSR count). The second-order valence-electron chi connectivity index (χ2n) is 5.29. The third-order valence-electron chi connectivity index (χ3n) is 3.80. The Hall–Kier alpha value is -1.82. The maximum Gasteiger partial charge on any atom is 0.407 e. The lowest BCUT2D eigenvalue weighted by Crippen LogP contribution is -2.37. The highest BCUT2D eigenvalue weighted by Gasteiger charge is 2.25. The minimum absolute atomic E-state index is 0.120. The van der Waals surface area contributed by atoms with E-state index in [9.17, 15) is 4.79 Å². The number of amides is 1. The highest BCUT2D eigenvalue weighted by molar-refractivity contribution is 5.67. The molecule has 1 aliphatic heterocycles. The Balaban J connectivity index is 1.99. The zero-order chi connectivity index (χ0) is 15.2. The molecular weight excluding hydrogens is 268 g/mol. The number of rotatable bonds is 5. The zero-order valence-corrected chi connectivity index (χ0v) is 12.9. The number of aromatic nitrogens is 1. The van der Waals surface area contributed by atoms with Gasteiger partial charge in [-0.1, -0.05) is 6.92 Å². The van der Waals surface area contributed by atoms with Crippen LogP contribution in [0.5, 0.6) is 0 Å². The number of pyridine rings is 1. The zero-order valence-electron chi connectivity index (χ0n) is 12.9. The summed E-state index contributed by atoms with van der Waals surface area (Å²) in [6.45, 7) is 6.84. The van der Waals surface area contributed by atoms with Gasteiger partial charge in [0.1, 0.15) is 5.82 Å². The SMILES string of the molecule is CCNC(C)c1ccnc(N2CCC(NC(=O)OC)C2)c1. The average molecular weight is 292 g/mol. The van der Waals surface area contributed by atoms with E-state index in [1.807, 2.05) is 12.3 Å². The maximum atomic E-state index is 11.3. The van der Waals surface area contributed by atoms with Crippen molar-refractivity contribution in [2.75, 3.05) is 31.6 Å².